The molecule has 0 aliphatic heterocycles. The maximum atomic E-state index is 12.5. The number of benzene rings is 1. The molecule has 106 valence electrons. The second kappa shape index (κ2) is 5.71. The Labute approximate surface area is 113 Å². The van der Waals surface area contributed by atoms with Crippen LogP contribution in [0.5, 0.6) is 0 Å². The Morgan fingerprint density at radius 3 is 2.47 bits per heavy atom. The number of rotatable bonds is 5. The van der Waals surface area contributed by atoms with Crippen molar-refractivity contribution < 1.29 is 18.3 Å². The number of carboxylic acids is 1. The van der Waals surface area contributed by atoms with Crippen molar-refractivity contribution in [2.75, 3.05) is 7.05 Å². The van der Waals surface area contributed by atoms with Crippen LogP contribution in [-0.2, 0) is 10.0 Å². The average molecular weight is 285 g/mol. The summed E-state index contributed by atoms with van der Waals surface area (Å²) < 4.78 is 26.2. The molecule has 0 heterocycles. The van der Waals surface area contributed by atoms with E-state index in [1.165, 1.54) is 36.5 Å². The van der Waals surface area contributed by atoms with Crippen molar-refractivity contribution >= 4 is 16.0 Å². The molecule has 1 atom stereocenters. The van der Waals surface area contributed by atoms with E-state index in [0.29, 0.717) is 6.42 Å². The summed E-state index contributed by atoms with van der Waals surface area (Å²) in [4.78, 5) is 11.1. The quantitative estimate of drug-likeness (QED) is 0.899. The summed E-state index contributed by atoms with van der Waals surface area (Å²) in [5, 5.41) is 9.04. The molecule has 19 heavy (non-hydrogen) atoms. The predicted molar refractivity (Wildman–Crippen MR) is 72.8 cm³/mol. The minimum atomic E-state index is -3.67. The number of sulfonamides is 1. The van der Waals surface area contributed by atoms with Gasteiger partial charge in [0, 0.05) is 13.1 Å². The molecule has 6 heteroatoms. The largest absolute Gasteiger partial charge is 0.478 e. The Morgan fingerprint density at radius 2 is 2.00 bits per heavy atom. The van der Waals surface area contributed by atoms with Gasteiger partial charge in [0.25, 0.3) is 0 Å². The zero-order chi connectivity index (χ0) is 14.8. The topological polar surface area (TPSA) is 74.7 Å². The summed E-state index contributed by atoms with van der Waals surface area (Å²) in [6, 6.07) is 4.15. The lowest BCUT2D eigenvalue weighted by molar-refractivity contribution is 0.0696. The molecule has 0 bridgehead atoms. The summed E-state index contributed by atoms with van der Waals surface area (Å²) in [5.41, 5.74) is 0.281. The summed E-state index contributed by atoms with van der Waals surface area (Å²) in [6.45, 7) is 5.23. The Balaban J connectivity index is 3.38. The second-order valence-electron chi connectivity index (χ2n) is 4.51. The van der Waals surface area contributed by atoms with Crippen LogP contribution in [0.15, 0.2) is 23.1 Å². The van der Waals surface area contributed by atoms with Gasteiger partial charge in [-0.1, -0.05) is 13.0 Å². The van der Waals surface area contributed by atoms with Gasteiger partial charge < -0.3 is 5.11 Å². The molecule has 0 saturated heterocycles. The molecule has 0 amide bonds. The Morgan fingerprint density at radius 1 is 1.42 bits per heavy atom. The van der Waals surface area contributed by atoms with Crippen molar-refractivity contribution in [1.29, 1.82) is 0 Å². The van der Waals surface area contributed by atoms with E-state index in [4.69, 9.17) is 5.11 Å². The van der Waals surface area contributed by atoms with E-state index >= 15 is 0 Å². The van der Waals surface area contributed by atoms with E-state index in [1.807, 2.05) is 13.8 Å². The Hall–Kier alpha value is -1.40. The molecular formula is C13H19NO4S. The summed E-state index contributed by atoms with van der Waals surface area (Å²) in [6.07, 6.45) is 0.688. The molecule has 5 nitrogen and oxygen atoms in total. The van der Waals surface area contributed by atoms with Crippen LogP contribution in [-0.4, -0.2) is 36.9 Å². The lowest BCUT2D eigenvalue weighted by Crippen LogP contribution is -2.35. The smallest absolute Gasteiger partial charge is 0.335 e. The van der Waals surface area contributed by atoms with Crippen LogP contribution in [0.4, 0.5) is 0 Å². The predicted octanol–water partition coefficient (Wildman–Crippen LogP) is 2.11. The van der Waals surface area contributed by atoms with Gasteiger partial charge in [0.1, 0.15) is 0 Å². The Kier molecular flexibility index (Phi) is 4.70. The fourth-order valence-corrected chi connectivity index (χ4v) is 3.46. The molecule has 1 aromatic carbocycles. The summed E-state index contributed by atoms with van der Waals surface area (Å²) in [7, 11) is -2.16. The fourth-order valence-electron chi connectivity index (χ4n) is 1.77. The molecular weight excluding hydrogens is 266 g/mol. The maximum absolute atomic E-state index is 12.5. The van der Waals surface area contributed by atoms with Gasteiger partial charge in [0.2, 0.25) is 10.0 Å². The van der Waals surface area contributed by atoms with Gasteiger partial charge >= 0.3 is 5.97 Å². The van der Waals surface area contributed by atoms with Crippen LogP contribution in [0.1, 0.15) is 36.2 Å². The van der Waals surface area contributed by atoms with E-state index in [2.05, 4.69) is 0 Å². The molecule has 0 saturated carbocycles. The highest BCUT2D eigenvalue weighted by Gasteiger charge is 2.27. The zero-order valence-electron chi connectivity index (χ0n) is 11.5. The third-order valence-corrected chi connectivity index (χ3v) is 5.50. The number of carboxylic acid groups (broad SMARTS) is 1. The second-order valence-corrected chi connectivity index (χ2v) is 6.48. The average Bonchev–Trinajstić information content (AvgIpc) is 2.36. The number of nitrogens with zero attached hydrogens (tertiary/aromatic N) is 1. The maximum Gasteiger partial charge on any atom is 0.335 e. The lowest BCUT2D eigenvalue weighted by atomic mass is 10.1. The van der Waals surface area contributed by atoms with E-state index < -0.39 is 16.0 Å². The third kappa shape index (κ3) is 2.96. The minimum absolute atomic E-state index is 0.0126. The number of hydrogen-bond acceptors (Lipinski definition) is 3. The van der Waals surface area contributed by atoms with Crippen LogP contribution in [0, 0.1) is 6.92 Å². The van der Waals surface area contributed by atoms with Crippen LogP contribution < -0.4 is 0 Å². The van der Waals surface area contributed by atoms with Crippen LogP contribution >= 0.6 is 0 Å². The van der Waals surface area contributed by atoms with E-state index in [9.17, 15) is 13.2 Å². The normalized spacial score (nSPS) is 13.5. The first kappa shape index (κ1) is 15.7. The Bertz CT molecular complexity index is 580. The molecule has 1 unspecified atom stereocenters. The van der Waals surface area contributed by atoms with Crippen molar-refractivity contribution in [3.63, 3.8) is 0 Å². The first-order valence-corrected chi connectivity index (χ1v) is 7.48. The molecule has 0 aromatic heterocycles. The lowest BCUT2D eigenvalue weighted by Gasteiger charge is -2.24. The summed E-state index contributed by atoms with van der Waals surface area (Å²) in [5.74, 6) is -1.12. The van der Waals surface area contributed by atoms with Crippen molar-refractivity contribution in [2.24, 2.45) is 0 Å². The molecule has 0 aliphatic carbocycles. The molecule has 0 radical (unpaired) electrons. The fraction of sp³-hybridized carbons (Fsp3) is 0.462. The molecule has 1 aromatic rings. The first-order valence-electron chi connectivity index (χ1n) is 6.04. The molecule has 0 fully saturated rings. The number of hydrogen-bond donors (Lipinski definition) is 1. The first-order chi connectivity index (χ1) is 8.73. The van der Waals surface area contributed by atoms with Gasteiger partial charge in [-0.25, -0.2) is 13.2 Å². The van der Waals surface area contributed by atoms with Crippen molar-refractivity contribution in [3.8, 4) is 0 Å². The molecule has 1 rings (SSSR count). The minimum Gasteiger partial charge on any atom is -0.478 e. The number of aromatic carboxylic acids is 1. The van der Waals surface area contributed by atoms with Gasteiger partial charge in [0.05, 0.1) is 10.5 Å². The van der Waals surface area contributed by atoms with Crippen molar-refractivity contribution in [1.82, 2.24) is 4.31 Å². The molecule has 0 aliphatic rings. The van der Waals surface area contributed by atoms with E-state index in [1.54, 1.807) is 0 Å². The van der Waals surface area contributed by atoms with Gasteiger partial charge in [-0.3, -0.25) is 0 Å². The van der Waals surface area contributed by atoms with E-state index in [-0.39, 0.29) is 22.1 Å². The van der Waals surface area contributed by atoms with E-state index in [0.717, 1.165) is 0 Å². The van der Waals surface area contributed by atoms with Crippen LogP contribution in [0.2, 0.25) is 0 Å². The van der Waals surface area contributed by atoms with Crippen LogP contribution in [0.3, 0.4) is 0 Å². The van der Waals surface area contributed by atoms with Gasteiger partial charge in [-0.05, 0) is 38.0 Å². The standard InChI is InChI=1S/C13H19NO4S/c1-5-9(2)14(4)19(17,18)12-8-6-7-11(10(12)3)13(15)16/h6-9H,5H2,1-4H3,(H,15,16). The highest BCUT2D eigenvalue weighted by atomic mass is 32.2. The zero-order valence-corrected chi connectivity index (χ0v) is 12.4. The SMILES string of the molecule is CCC(C)N(C)S(=O)(=O)c1cccc(C(=O)O)c1C. The van der Waals surface area contributed by atoms with Gasteiger partial charge in [0.15, 0.2) is 0 Å². The monoisotopic (exact) mass is 285 g/mol. The molecule has 1 N–H and O–H groups in total. The van der Waals surface area contributed by atoms with Gasteiger partial charge in [-0.2, -0.15) is 4.31 Å². The highest BCUT2D eigenvalue weighted by Crippen LogP contribution is 2.23. The van der Waals surface area contributed by atoms with Gasteiger partial charge in [-0.15, -0.1) is 0 Å². The van der Waals surface area contributed by atoms with Crippen molar-refractivity contribution in [2.45, 2.75) is 38.1 Å². The molecule has 0 spiro atoms. The summed E-state index contributed by atoms with van der Waals surface area (Å²) >= 11 is 0. The highest BCUT2D eigenvalue weighted by molar-refractivity contribution is 7.89. The number of carbonyl (C=O) groups is 1. The third-order valence-electron chi connectivity index (χ3n) is 3.38. The van der Waals surface area contributed by atoms with Crippen LogP contribution in [0.25, 0.3) is 0 Å². The van der Waals surface area contributed by atoms with Crippen molar-refractivity contribution in [3.05, 3.63) is 29.3 Å².